The van der Waals surface area contributed by atoms with Gasteiger partial charge in [-0.2, -0.15) is 13.2 Å². The maximum absolute atomic E-state index is 12.8. The lowest BCUT2D eigenvalue weighted by molar-refractivity contribution is -0.136. The van der Waals surface area contributed by atoms with Gasteiger partial charge >= 0.3 is 6.18 Å². The number of nitrogens with one attached hydrogen (secondary N) is 1. The van der Waals surface area contributed by atoms with Crippen molar-refractivity contribution < 1.29 is 18.0 Å². The second-order valence-corrected chi connectivity index (χ2v) is 4.58. The van der Waals surface area contributed by atoms with Crippen LogP contribution in [0.1, 0.15) is 21.5 Å². The third-order valence-corrected chi connectivity index (χ3v) is 2.97. The Kier molecular flexibility index (Phi) is 3.88. The SMILES string of the molecule is Cc1ccc(NC(=O)c2cccc(C(F)(F)F)c2N)cc1. The minimum Gasteiger partial charge on any atom is -0.398 e. The molecule has 0 saturated carbocycles. The molecule has 0 aromatic heterocycles. The van der Waals surface area contributed by atoms with Crippen molar-refractivity contribution in [3.63, 3.8) is 0 Å². The Balaban J connectivity index is 2.30. The summed E-state index contributed by atoms with van der Waals surface area (Å²) in [5.74, 6) is -0.678. The number of alkyl halides is 3. The Morgan fingerprint density at radius 2 is 1.71 bits per heavy atom. The molecule has 2 rings (SSSR count). The zero-order chi connectivity index (χ0) is 15.6. The summed E-state index contributed by atoms with van der Waals surface area (Å²) in [6.45, 7) is 1.89. The first kappa shape index (κ1) is 14.9. The molecule has 0 saturated heterocycles. The molecule has 0 fully saturated rings. The third kappa shape index (κ3) is 3.34. The van der Waals surface area contributed by atoms with Crippen LogP contribution >= 0.6 is 0 Å². The van der Waals surface area contributed by atoms with Gasteiger partial charge in [-0.15, -0.1) is 0 Å². The van der Waals surface area contributed by atoms with Gasteiger partial charge in [0.05, 0.1) is 16.8 Å². The Morgan fingerprint density at radius 3 is 2.29 bits per heavy atom. The second-order valence-electron chi connectivity index (χ2n) is 4.58. The predicted octanol–water partition coefficient (Wildman–Crippen LogP) is 3.85. The molecule has 0 atom stereocenters. The van der Waals surface area contributed by atoms with Gasteiger partial charge in [0.25, 0.3) is 5.91 Å². The van der Waals surface area contributed by atoms with Gasteiger partial charge in [-0.1, -0.05) is 23.8 Å². The van der Waals surface area contributed by atoms with Crippen molar-refractivity contribution in [3.8, 4) is 0 Å². The molecule has 6 heteroatoms. The van der Waals surface area contributed by atoms with E-state index < -0.39 is 23.3 Å². The lowest BCUT2D eigenvalue weighted by Crippen LogP contribution is -2.17. The van der Waals surface area contributed by atoms with Crippen molar-refractivity contribution >= 4 is 17.3 Å². The van der Waals surface area contributed by atoms with Crippen LogP contribution < -0.4 is 11.1 Å². The Bertz CT molecular complexity index is 664. The first-order valence-electron chi connectivity index (χ1n) is 6.13. The maximum Gasteiger partial charge on any atom is 0.418 e. The quantitative estimate of drug-likeness (QED) is 0.827. The summed E-state index contributed by atoms with van der Waals surface area (Å²) in [7, 11) is 0. The van der Waals surface area contributed by atoms with Crippen LogP contribution in [0, 0.1) is 6.92 Å². The molecule has 0 aliphatic carbocycles. The summed E-state index contributed by atoms with van der Waals surface area (Å²) in [5, 5.41) is 2.52. The van der Waals surface area contributed by atoms with Crippen molar-refractivity contribution in [2.24, 2.45) is 0 Å². The minimum absolute atomic E-state index is 0.203. The van der Waals surface area contributed by atoms with Gasteiger partial charge < -0.3 is 11.1 Å². The van der Waals surface area contributed by atoms with Crippen LogP contribution in [0.5, 0.6) is 0 Å². The number of halogens is 3. The first-order chi connectivity index (χ1) is 9.79. The van der Waals surface area contributed by atoms with Crippen LogP contribution in [0.15, 0.2) is 42.5 Å². The van der Waals surface area contributed by atoms with E-state index in [1.165, 1.54) is 6.07 Å². The monoisotopic (exact) mass is 294 g/mol. The number of carbonyl (C=O) groups excluding carboxylic acids is 1. The second kappa shape index (κ2) is 5.47. The normalized spacial score (nSPS) is 11.2. The molecule has 1 amide bonds. The van der Waals surface area contributed by atoms with E-state index in [4.69, 9.17) is 5.73 Å². The first-order valence-corrected chi connectivity index (χ1v) is 6.13. The largest absolute Gasteiger partial charge is 0.418 e. The molecule has 0 aliphatic heterocycles. The molecular weight excluding hydrogens is 281 g/mol. The van der Waals surface area contributed by atoms with Crippen molar-refractivity contribution in [1.29, 1.82) is 0 Å². The number of nitrogens with two attached hydrogens (primary N) is 1. The molecule has 0 bridgehead atoms. The highest BCUT2D eigenvalue weighted by Gasteiger charge is 2.34. The molecule has 0 spiro atoms. The van der Waals surface area contributed by atoms with Crippen molar-refractivity contribution in [2.45, 2.75) is 13.1 Å². The summed E-state index contributed by atoms with van der Waals surface area (Å²) >= 11 is 0. The van der Waals surface area contributed by atoms with Crippen LogP contribution in [0.4, 0.5) is 24.5 Å². The van der Waals surface area contributed by atoms with Gasteiger partial charge in [0.15, 0.2) is 0 Å². The molecule has 0 heterocycles. The summed E-state index contributed by atoms with van der Waals surface area (Å²) in [6, 6.07) is 10.2. The zero-order valence-electron chi connectivity index (χ0n) is 11.2. The molecule has 21 heavy (non-hydrogen) atoms. The number of benzene rings is 2. The summed E-state index contributed by atoms with van der Waals surface area (Å²) < 4.78 is 38.3. The number of hydrogen-bond acceptors (Lipinski definition) is 2. The average Bonchev–Trinajstić information content (AvgIpc) is 2.40. The molecule has 3 nitrogen and oxygen atoms in total. The Labute approximate surface area is 119 Å². The van der Waals surface area contributed by atoms with E-state index in [1.807, 2.05) is 6.92 Å². The number of amides is 1. The van der Waals surface area contributed by atoms with Crippen molar-refractivity contribution in [3.05, 3.63) is 59.2 Å². The third-order valence-electron chi connectivity index (χ3n) is 2.97. The van der Waals surface area contributed by atoms with Crippen LogP contribution in [-0.2, 0) is 6.18 Å². The van der Waals surface area contributed by atoms with Crippen molar-refractivity contribution in [1.82, 2.24) is 0 Å². The van der Waals surface area contributed by atoms with E-state index in [-0.39, 0.29) is 5.56 Å². The standard InChI is InChI=1S/C15H13F3N2O/c1-9-5-7-10(8-6-9)20-14(21)11-3-2-4-12(13(11)19)15(16,17)18/h2-8H,19H2,1H3,(H,20,21). The van der Waals surface area contributed by atoms with Gasteiger partial charge in [-0.3, -0.25) is 4.79 Å². The zero-order valence-corrected chi connectivity index (χ0v) is 11.2. The molecule has 2 aromatic rings. The van der Waals surface area contributed by atoms with Gasteiger partial charge in [-0.25, -0.2) is 0 Å². The van der Waals surface area contributed by atoms with E-state index in [2.05, 4.69) is 5.32 Å². The number of aryl methyl sites for hydroxylation is 1. The number of para-hydroxylation sites is 1. The van der Waals surface area contributed by atoms with Crippen LogP contribution in [0.3, 0.4) is 0 Å². The highest BCUT2D eigenvalue weighted by atomic mass is 19.4. The summed E-state index contributed by atoms with van der Waals surface area (Å²) in [5.41, 5.74) is 5.17. The van der Waals surface area contributed by atoms with Gasteiger partial charge in [0.2, 0.25) is 0 Å². The number of hydrogen-bond donors (Lipinski definition) is 2. The van der Waals surface area contributed by atoms with E-state index in [1.54, 1.807) is 24.3 Å². The van der Waals surface area contributed by atoms with E-state index in [0.29, 0.717) is 5.69 Å². The van der Waals surface area contributed by atoms with Gasteiger partial charge in [0.1, 0.15) is 0 Å². The predicted molar refractivity (Wildman–Crippen MR) is 75.0 cm³/mol. The highest BCUT2D eigenvalue weighted by Crippen LogP contribution is 2.35. The van der Waals surface area contributed by atoms with Crippen LogP contribution in [-0.4, -0.2) is 5.91 Å². The molecule has 0 radical (unpaired) electrons. The maximum atomic E-state index is 12.8. The van der Waals surface area contributed by atoms with Crippen molar-refractivity contribution in [2.75, 3.05) is 11.1 Å². The fourth-order valence-electron chi connectivity index (χ4n) is 1.85. The molecule has 2 aromatic carbocycles. The van der Waals surface area contributed by atoms with Gasteiger partial charge in [-0.05, 0) is 31.2 Å². The van der Waals surface area contributed by atoms with Crippen LogP contribution in [0.25, 0.3) is 0 Å². The summed E-state index contributed by atoms with van der Waals surface area (Å²) in [6.07, 6.45) is -4.59. The van der Waals surface area contributed by atoms with E-state index in [0.717, 1.165) is 17.7 Å². The molecule has 3 N–H and O–H groups in total. The van der Waals surface area contributed by atoms with E-state index in [9.17, 15) is 18.0 Å². The molecular formula is C15H13F3N2O. The molecule has 0 aliphatic rings. The Morgan fingerprint density at radius 1 is 1.10 bits per heavy atom. The minimum atomic E-state index is -4.59. The fourth-order valence-corrected chi connectivity index (χ4v) is 1.85. The number of anilines is 2. The number of rotatable bonds is 2. The fraction of sp³-hybridized carbons (Fsp3) is 0.133. The van der Waals surface area contributed by atoms with Gasteiger partial charge in [0, 0.05) is 5.69 Å². The topological polar surface area (TPSA) is 55.1 Å². The van der Waals surface area contributed by atoms with E-state index >= 15 is 0 Å². The average molecular weight is 294 g/mol. The molecule has 0 unspecified atom stereocenters. The summed E-state index contributed by atoms with van der Waals surface area (Å²) in [4.78, 5) is 12.0. The number of carbonyl (C=O) groups is 1. The number of nitrogen functional groups attached to an aromatic ring is 1. The molecule has 110 valence electrons. The Hall–Kier alpha value is -2.50. The lowest BCUT2D eigenvalue weighted by Gasteiger charge is -2.13. The van der Waals surface area contributed by atoms with Crippen LogP contribution in [0.2, 0.25) is 0 Å². The lowest BCUT2D eigenvalue weighted by atomic mass is 10.1. The smallest absolute Gasteiger partial charge is 0.398 e. The highest BCUT2D eigenvalue weighted by molar-refractivity contribution is 6.08.